The maximum absolute atomic E-state index is 11.3. The van der Waals surface area contributed by atoms with Gasteiger partial charge in [0.1, 0.15) is 5.38 Å². The van der Waals surface area contributed by atoms with Crippen LogP contribution in [0.2, 0.25) is 0 Å². The van der Waals surface area contributed by atoms with E-state index in [-0.39, 0.29) is 6.04 Å². The normalized spacial score (nSPS) is 22.9. The molecule has 1 fully saturated rings. The second-order valence-electron chi connectivity index (χ2n) is 3.49. The highest BCUT2D eigenvalue weighted by atomic mass is 35.5. The number of hydrogen-bond acceptors (Lipinski definition) is 3. The molecule has 5 nitrogen and oxygen atoms in total. The number of carbonyl (C=O) groups is 2. The van der Waals surface area contributed by atoms with Crippen LogP contribution >= 0.6 is 11.6 Å². The summed E-state index contributed by atoms with van der Waals surface area (Å²) < 4.78 is 5.18. The van der Waals surface area contributed by atoms with Gasteiger partial charge >= 0.3 is 6.03 Å². The topological polar surface area (TPSA) is 67.4 Å². The molecule has 86 valence electrons. The molecule has 2 unspecified atom stereocenters. The zero-order valence-electron chi connectivity index (χ0n) is 8.59. The molecule has 1 saturated heterocycles. The predicted octanol–water partition coefficient (Wildman–Crippen LogP) is 0.619. The van der Waals surface area contributed by atoms with E-state index in [1.807, 2.05) is 0 Å². The van der Waals surface area contributed by atoms with Crippen LogP contribution in [0, 0.1) is 0 Å². The number of alkyl halides is 1. The molecule has 1 aliphatic heterocycles. The minimum Gasteiger partial charge on any atom is -0.379 e. The quantitative estimate of drug-likeness (QED) is 0.689. The van der Waals surface area contributed by atoms with E-state index < -0.39 is 17.3 Å². The highest BCUT2D eigenvalue weighted by Gasteiger charge is 2.18. The fourth-order valence-corrected chi connectivity index (χ4v) is 1.34. The lowest BCUT2D eigenvalue weighted by atomic mass is 10.1. The van der Waals surface area contributed by atoms with Crippen molar-refractivity contribution in [3.63, 3.8) is 0 Å². The minimum atomic E-state index is -0.710. The van der Waals surface area contributed by atoms with E-state index in [1.54, 1.807) is 0 Å². The maximum atomic E-state index is 11.3. The van der Waals surface area contributed by atoms with Gasteiger partial charge < -0.3 is 10.1 Å². The Bertz CT molecular complexity index is 240. The van der Waals surface area contributed by atoms with Gasteiger partial charge in [0.25, 0.3) is 0 Å². The zero-order valence-corrected chi connectivity index (χ0v) is 9.34. The van der Waals surface area contributed by atoms with Crippen LogP contribution in [0.5, 0.6) is 0 Å². The first-order valence-corrected chi connectivity index (χ1v) is 5.36. The lowest BCUT2D eigenvalue weighted by molar-refractivity contribution is -0.119. The van der Waals surface area contributed by atoms with Gasteiger partial charge in [-0.1, -0.05) is 0 Å². The van der Waals surface area contributed by atoms with Crippen LogP contribution in [0.15, 0.2) is 0 Å². The third-order valence-corrected chi connectivity index (χ3v) is 2.29. The third kappa shape index (κ3) is 4.48. The van der Waals surface area contributed by atoms with Crippen LogP contribution in [0.25, 0.3) is 0 Å². The molecule has 2 N–H and O–H groups in total. The van der Waals surface area contributed by atoms with Crippen LogP contribution in [0.1, 0.15) is 19.8 Å². The number of imide groups is 1. The number of halogens is 1. The van der Waals surface area contributed by atoms with Crippen LogP contribution < -0.4 is 10.6 Å². The maximum Gasteiger partial charge on any atom is 0.321 e. The molecule has 0 radical (unpaired) electrons. The Morgan fingerprint density at radius 3 is 2.80 bits per heavy atom. The van der Waals surface area contributed by atoms with E-state index in [0.29, 0.717) is 6.61 Å². The fourth-order valence-electron chi connectivity index (χ4n) is 1.29. The summed E-state index contributed by atoms with van der Waals surface area (Å²) in [4.78, 5) is 22.3. The SMILES string of the molecule is CC(Cl)C(=O)NC(=O)NC1CCCOC1. The Morgan fingerprint density at radius 1 is 1.53 bits per heavy atom. The molecule has 0 aromatic carbocycles. The van der Waals surface area contributed by atoms with E-state index in [1.165, 1.54) is 6.92 Å². The number of rotatable bonds is 2. The van der Waals surface area contributed by atoms with Crippen LogP contribution in [-0.4, -0.2) is 36.6 Å². The molecule has 2 atom stereocenters. The number of amides is 3. The van der Waals surface area contributed by atoms with E-state index in [0.717, 1.165) is 19.4 Å². The van der Waals surface area contributed by atoms with Crippen LogP contribution in [0.3, 0.4) is 0 Å². The van der Waals surface area contributed by atoms with Crippen molar-refractivity contribution in [2.75, 3.05) is 13.2 Å². The Balaban J connectivity index is 2.25. The molecular weight excluding hydrogens is 220 g/mol. The van der Waals surface area contributed by atoms with Crippen molar-refractivity contribution in [2.24, 2.45) is 0 Å². The van der Waals surface area contributed by atoms with E-state index in [4.69, 9.17) is 16.3 Å². The van der Waals surface area contributed by atoms with Crippen molar-refractivity contribution >= 4 is 23.5 Å². The Kier molecular flexibility index (Phi) is 4.84. The van der Waals surface area contributed by atoms with Gasteiger partial charge in [0.2, 0.25) is 5.91 Å². The number of nitrogens with one attached hydrogen (secondary N) is 2. The molecule has 0 bridgehead atoms. The minimum absolute atomic E-state index is 0.0165. The van der Waals surface area contributed by atoms with Gasteiger partial charge in [-0.25, -0.2) is 4.79 Å². The lowest BCUT2D eigenvalue weighted by Crippen LogP contribution is -2.48. The van der Waals surface area contributed by atoms with E-state index in [2.05, 4.69) is 10.6 Å². The Morgan fingerprint density at radius 2 is 2.27 bits per heavy atom. The highest BCUT2D eigenvalue weighted by Crippen LogP contribution is 2.05. The molecule has 0 spiro atoms. The van der Waals surface area contributed by atoms with E-state index in [9.17, 15) is 9.59 Å². The molecule has 0 aromatic heterocycles. The molecule has 1 aliphatic rings. The summed E-state index contributed by atoms with van der Waals surface area (Å²) in [5.74, 6) is -0.495. The molecule has 15 heavy (non-hydrogen) atoms. The lowest BCUT2D eigenvalue weighted by Gasteiger charge is -2.23. The van der Waals surface area contributed by atoms with Crippen molar-refractivity contribution in [3.05, 3.63) is 0 Å². The smallest absolute Gasteiger partial charge is 0.321 e. The largest absolute Gasteiger partial charge is 0.379 e. The summed E-state index contributed by atoms with van der Waals surface area (Å²) in [5.41, 5.74) is 0. The van der Waals surface area contributed by atoms with Gasteiger partial charge in [-0.3, -0.25) is 10.1 Å². The van der Waals surface area contributed by atoms with Crippen LogP contribution in [0.4, 0.5) is 4.79 Å². The van der Waals surface area contributed by atoms with Gasteiger partial charge in [0.15, 0.2) is 0 Å². The number of hydrogen-bond donors (Lipinski definition) is 2. The average Bonchev–Trinajstić information content (AvgIpc) is 2.18. The molecule has 0 aromatic rings. The molecule has 1 heterocycles. The Hall–Kier alpha value is -0.810. The second-order valence-corrected chi connectivity index (χ2v) is 4.15. The summed E-state index contributed by atoms with van der Waals surface area (Å²) in [6.45, 7) is 2.74. The first kappa shape index (κ1) is 12.3. The molecule has 0 saturated carbocycles. The van der Waals surface area contributed by atoms with Crippen molar-refractivity contribution in [3.8, 4) is 0 Å². The molecule has 6 heteroatoms. The predicted molar refractivity (Wildman–Crippen MR) is 55.8 cm³/mol. The van der Waals surface area contributed by atoms with Gasteiger partial charge in [-0.2, -0.15) is 0 Å². The molecule has 0 aliphatic carbocycles. The standard InChI is InChI=1S/C9H15ClN2O3/c1-6(10)8(13)12-9(14)11-7-3-2-4-15-5-7/h6-7H,2-5H2,1H3,(H2,11,12,13,14). The van der Waals surface area contributed by atoms with Crippen molar-refractivity contribution in [1.29, 1.82) is 0 Å². The van der Waals surface area contributed by atoms with E-state index >= 15 is 0 Å². The van der Waals surface area contributed by atoms with Gasteiger partial charge in [0, 0.05) is 6.61 Å². The highest BCUT2D eigenvalue weighted by molar-refractivity contribution is 6.31. The molecule has 3 amide bonds. The second kappa shape index (κ2) is 5.92. The Labute approximate surface area is 93.5 Å². The summed E-state index contributed by atoms with van der Waals surface area (Å²) >= 11 is 5.50. The average molecular weight is 235 g/mol. The molecular formula is C9H15ClN2O3. The van der Waals surface area contributed by atoms with Gasteiger partial charge in [-0.05, 0) is 19.8 Å². The van der Waals surface area contributed by atoms with Crippen molar-refractivity contribution < 1.29 is 14.3 Å². The summed E-state index contributed by atoms with van der Waals surface area (Å²) in [6.07, 6.45) is 1.79. The summed E-state index contributed by atoms with van der Waals surface area (Å²) in [7, 11) is 0. The molecule has 1 rings (SSSR count). The van der Waals surface area contributed by atoms with Crippen LogP contribution in [-0.2, 0) is 9.53 Å². The zero-order chi connectivity index (χ0) is 11.3. The van der Waals surface area contributed by atoms with Gasteiger partial charge in [0.05, 0.1) is 12.6 Å². The fraction of sp³-hybridized carbons (Fsp3) is 0.778. The third-order valence-electron chi connectivity index (χ3n) is 2.09. The van der Waals surface area contributed by atoms with Crippen molar-refractivity contribution in [1.82, 2.24) is 10.6 Å². The monoisotopic (exact) mass is 234 g/mol. The number of carbonyl (C=O) groups excluding carboxylic acids is 2. The van der Waals surface area contributed by atoms with Crippen molar-refractivity contribution in [2.45, 2.75) is 31.2 Å². The first-order valence-electron chi connectivity index (χ1n) is 4.93. The summed E-state index contributed by atoms with van der Waals surface area (Å²) in [6, 6.07) is -0.528. The number of urea groups is 1. The summed E-state index contributed by atoms with van der Waals surface area (Å²) in [5, 5.41) is 4.09. The van der Waals surface area contributed by atoms with Gasteiger partial charge in [-0.15, -0.1) is 11.6 Å². The first-order chi connectivity index (χ1) is 7.09. The number of ether oxygens (including phenoxy) is 1.